The van der Waals surface area contributed by atoms with Gasteiger partial charge in [0.25, 0.3) is 0 Å². The summed E-state index contributed by atoms with van der Waals surface area (Å²) in [4.78, 5) is 199. The molecule has 0 saturated carbocycles. The summed E-state index contributed by atoms with van der Waals surface area (Å²) in [6, 6.07) is -4.39. The molecule has 0 aromatic heterocycles. The molecule has 47 heteroatoms. The average molecular weight is 2030 g/mol. The van der Waals surface area contributed by atoms with Crippen LogP contribution >= 0.6 is 0 Å². The van der Waals surface area contributed by atoms with Crippen LogP contribution in [0.1, 0.15) is 193 Å². The molecule has 0 radical (unpaired) electrons. The van der Waals surface area contributed by atoms with E-state index in [2.05, 4.69) is 79.8 Å². The Bertz CT molecular complexity index is 3240. The summed E-state index contributed by atoms with van der Waals surface area (Å²) in [6.07, 6.45) is 10.5. The molecular formula is C94H175N15O32. The number of methoxy groups -OCH3 is 6. The highest BCUT2D eigenvalue weighted by Crippen LogP contribution is 2.14. The first kappa shape index (κ1) is 132. The van der Waals surface area contributed by atoms with Crippen LogP contribution in [-0.2, 0) is 148 Å². The summed E-state index contributed by atoms with van der Waals surface area (Å²) in [5.41, 5.74) is 0. The largest absolute Gasteiger partial charge is 0.396 e. The monoisotopic (exact) mass is 2030 g/mol. The van der Waals surface area contributed by atoms with Crippen molar-refractivity contribution in [2.24, 2.45) is 5.92 Å². The molecule has 16 N–H and O–H groups in total. The molecule has 47 nitrogen and oxygen atoms in total. The zero-order valence-corrected chi connectivity index (χ0v) is 85.1. The van der Waals surface area contributed by atoms with E-state index in [1.807, 2.05) is 0 Å². The lowest BCUT2D eigenvalue weighted by molar-refractivity contribution is -0.130. The molecule has 0 saturated heterocycles. The lowest BCUT2D eigenvalue weighted by Gasteiger charge is -2.24. The number of carbonyl (C=O) groups is 15. The van der Waals surface area contributed by atoms with Gasteiger partial charge in [0, 0.05) is 236 Å². The van der Waals surface area contributed by atoms with Gasteiger partial charge in [-0.1, -0.05) is 6.42 Å². The van der Waals surface area contributed by atoms with Gasteiger partial charge in [0.2, 0.25) is 88.6 Å². The van der Waals surface area contributed by atoms with Gasteiger partial charge in [-0.15, -0.1) is 0 Å². The molecule has 15 amide bonds. The standard InChI is InChI=1S/C94H175N15O32/c1-126-43-18-7-13-33-96-90(121)70-137-58-53-133-49-39-101-81(112)29-25-76(63-85(116)95-37-17-11-23-75(68-110)69-131-6)106-86(117)64-77(26-30-82(113)102-40-50-134-54-59-138-71-91(122)97-34-14-8-19-44-127-2)107-87(118)65-78(27-31-83(114)103-41-51-135-55-60-139-72-92(123)98-35-15-9-20-45-128-3)108-88(119)66-79(28-32-84(115)104-42-52-136-56-61-140-73-93(124)99-36-16-10-21-46-129-4)109-89(120)67-105-94(125)74-141-62-57-132-48-38-100-80(111)24-12-22-47-130-5/h75-79,110H,7-74H2,1-6H3,(H,95,116)(H,96,121)(H,97,122)(H,98,123)(H,99,124)(H,100,111)(H,101,112)(H,102,113)(H,103,114)(H,104,115)(H,105,125)(H,106,117)(H,107,118)(H,108,119)(H,109,120). The van der Waals surface area contributed by atoms with Gasteiger partial charge in [-0.05, 0) is 128 Å². The quantitative estimate of drug-likeness (QED) is 0.0310. The Balaban J connectivity index is 7.15. The van der Waals surface area contributed by atoms with Crippen LogP contribution in [0, 0.1) is 5.92 Å². The molecule has 5 unspecified atom stereocenters. The maximum atomic E-state index is 14.7. The number of amides is 15. The van der Waals surface area contributed by atoms with Gasteiger partial charge in [0.15, 0.2) is 0 Å². The molecule has 0 spiro atoms. The third-order valence-electron chi connectivity index (χ3n) is 20.8. The Morgan fingerprint density at radius 2 is 0.433 bits per heavy atom. The number of hydrogen-bond donors (Lipinski definition) is 16. The number of carbonyl (C=O) groups excluding carboxylic acids is 15. The van der Waals surface area contributed by atoms with Gasteiger partial charge in [0.05, 0.1) is 112 Å². The van der Waals surface area contributed by atoms with Crippen molar-refractivity contribution in [3.63, 3.8) is 0 Å². The molecule has 0 fully saturated rings. The van der Waals surface area contributed by atoms with E-state index < -0.39 is 116 Å². The zero-order chi connectivity index (χ0) is 104. The highest BCUT2D eigenvalue weighted by Gasteiger charge is 2.28. The van der Waals surface area contributed by atoms with Crippen LogP contribution in [0.15, 0.2) is 0 Å². The third kappa shape index (κ3) is 92.3. The first-order chi connectivity index (χ1) is 68.5. The van der Waals surface area contributed by atoms with E-state index in [1.165, 1.54) is 7.11 Å². The number of hydrogen-bond acceptors (Lipinski definition) is 32. The second kappa shape index (κ2) is 98.7. The highest BCUT2D eigenvalue weighted by atomic mass is 16.6. The van der Waals surface area contributed by atoms with E-state index in [4.69, 9.17) is 75.8 Å². The summed E-state index contributed by atoms with van der Waals surface area (Å²) in [5.74, 6) is -7.43. The SMILES string of the molecule is COCCCCCNC(=O)COCCOCCNC(=O)CCC(CC(=O)NCCCCC(CO)COC)NC(=O)CC(CCC(=O)NCCOCCOCC(=O)NCCCCCOC)NC(=O)CC(CCC(=O)NCCOCCOCC(=O)NCCCCCOC)NC(=O)CC(CCC(=O)NCCOCCOCC(=O)NCCCCCOC)NC(=O)CNC(=O)COCCOCCNC(=O)CCCCOC. The molecule has 0 aromatic rings. The molecule has 5 atom stereocenters. The maximum Gasteiger partial charge on any atom is 0.246 e. The van der Waals surface area contributed by atoms with Crippen molar-refractivity contribution in [1.82, 2.24) is 79.8 Å². The number of aliphatic hydroxyl groups excluding tert-OH is 1. The Labute approximate surface area is 833 Å². The first-order valence-electron chi connectivity index (χ1n) is 49.9. The number of unbranched alkanes of at least 4 members (excludes halogenated alkanes) is 10. The normalized spacial score (nSPS) is 12.2. The molecule has 0 bridgehead atoms. The number of nitrogens with one attached hydrogen (secondary N) is 15. The summed E-state index contributed by atoms with van der Waals surface area (Å²) in [5, 5.41) is 51.3. The molecule has 0 aliphatic carbocycles. The molecule has 0 aromatic carbocycles. The lowest BCUT2D eigenvalue weighted by Crippen LogP contribution is -2.47. The topological polar surface area (TPSA) is 604 Å². The number of ether oxygens (including phenoxy) is 16. The summed E-state index contributed by atoms with van der Waals surface area (Å²) < 4.78 is 85.6. The zero-order valence-electron chi connectivity index (χ0n) is 85.1. The summed E-state index contributed by atoms with van der Waals surface area (Å²) in [6.45, 7) is 5.60. The fourth-order valence-corrected chi connectivity index (χ4v) is 13.2. The van der Waals surface area contributed by atoms with Crippen LogP contribution in [0.5, 0.6) is 0 Å². The fraction of sp³-hybridized carbons (Fsp3) is 0.840. The fourth-order valence-electron chi connectivity index (χ4n) is 13.2. The van der Waals surface area contributed by atoms with Crippen LogP contribution < -0.4 is 79.8 Å². The van der Waals surface area contributed by atoms with Gasteiger partial charge in [-0.3, -0.25) is 71.9 Å². The minimum Gasteiger partial charge on any atom is -0.396 e. The van der Waals surface area contributed by atoms with Crippen molar-refractivity contribution >= 4 is 88.6 Å². The average Bonchev–Trinajstić information content (AvgIpc) is 0.894. The highest BCUT2D eigenvalue weighted by molar-refractivity contribution is 5.87. The first-order valence-corrected chi connectivity index (χ1v) is 49.9. The van der Waals surface area contributed by atoms with Crippen molar-refractivity contribution in [1.29, 1.82) is 0 Å². The smallest absolute Gasteiger partial charge is 0.246 e. The van der Waals surface area contributed by atoms with Crippen LogP contribution in [-0.4, -0.2) is 411 Å². The van der Waals surface area contributed by atoms with Crippen LogP contribution in [0.3, 0.4) is 0 Å². The second-order valence-electron chi connectivity index (χ2n) is 33.3. The molecular weight excluding hydrogens is 1850 g/mol. The predicted molar refractivity (Wildman–Crippen MR) is 519 cm³/mol. The van der Waals surface area contributed by atoms with Crippen LogP contribution in [0.2, 0.25) is 0 Å². The molecule has 0 aliphatic rings. The third-order valence-corrected chi connectivity index (χ3v) is 20.8. The minimum absolute atomic E-state index is 0.00307. The van der Waals surface area contributed by atoms with Crippen LogP contribution in [0.25, 0.3) is 0 Å². The Hall–Kier alpha value is -8.63. The van der Waals surface area contributed by atoms with Gasteiger partial charge in [-0.2, -0.15) is 0 Å². The van der Waals surface area contributed by atoms with Crippen molar-refractivity contribution in [2.45, 2.75) is 217 Å². The van der Waals surface area contributed by atoms with E-state index in [-0.39, 0.29) is 265 Å². The van der Waals surface area contributed by atoms with Gasteiger partial charge in [-0.25, -0.2) is 0 Å². The van der Waals surface area contributed by atoms with Crippen LogP contribution in [0.4, 0.5) is 0 Å². The Kier molecular flexibility index (Phi) is 92.7. The maximum absolute atomic E-state index is 14.7. The lowest BCUT2D eigenvalue weighted by atomic mass is 10.0. The minimum atomic E-state index is -1.17. The Morgan fingerprint density at radius 1 is 0.199 bits per heavy atom. The van der Waals surface area contributed by atoms with E-state index in [1.54, 1.807) is 35.5 Å². The summed E-state index contributed by atoms with van der Waals surface area (Å²) >= 11 is 0. The van der Waals surface area contributed by atoms with E-state index in [0.29, 0.717) is 97.9 Å². The van der Waals surface area contributed by atoms with E-state index in [9.17, 15) is 77.0 Å². The van der Waals surface area contributed by atoms with E-state index >= 15 is 0 Å². The van der Waals surface area contributed by atoms with Crippen molar-refractivity contribution in [3.8, 4) is 0 Å². The van der Waals surface area contributed by atoms with E-state index in [0.717, 1.165) is 83.5 Å². The van der Waals surface area contributed by atoms with Gasteiger partial charge < -0.3 is 161 Å². The Morgan fingerprint density at radius 3 is 0.709 bits per heavy atom. The van der Waals surface area contributed by atoms with Crippen molar-refractivity contribution in [2.75, 3.05) is 293 Å². The molecule has 0 heterocycles. The van der Waals surface area contributed by atoms with Crippen molar-refractivity contribution < 1.29 is 153 Å². The predicted octanol–water partition coefficient (Wildman–Crippen LogP) is -1.44. The molecule has 0 rings (SSSR count). The molecule has 141 heavy (non-hydrogen) atoms. The number of rotatable bonds is 103. The molecule has 818 valence electrons. The van der Waals surface area contributed by atoms with Gasteiger partial charge in [0.1, 0.15) is 33.0 Å². The van der Waals surface area contributed by atoms with Gasteiger partial charge >= 0.3 is 0 Å². The van der Waals surface area contributed by atoms with Crippen molar-refractivity contribution in [3.05, 3.63) is 0 Å². The second-order valence-corrected chi connectivity index (χ2v) is 33.3. The number of aliphatic hydroxyl groups is 1. The molecule has 0 aliphatic heterocycles. The summed E-state index contributed by atoms with van der Waals surface area (Å²) in [7, 11) is 9.64.